The SMILES string of the molecule is CN(C)C(=O)C1CC(Cc2cc(F)ccc2F)CCN1. The third-order valence-corrected chi connectivity index (χ3v) is 3.77. The molecule has 1 aliphatic rings. The molecule has 1 heterocycles. The highest BCUT2D eigenvalue weighted by molar-refractivity contribution is 5.81. The maximum Gasteiger partial charge on any atom is 0.239 e. The quantitative estimate of drug-likeness (QED) is 0.919. The van der Waals surface area contributed by atoms with Crippen molar-refractivity contribution in [1.82, 2.24) is 10.2 Å². The summed E-state index contributed by atoms with van der Waals surface area (Å²) in [7, 11) is 3.44. The summed E-state index contributed by atoms with van der Waals surface area (Å²) in [5.74, 6) is -0.562. The molecule has 110 valence electrons. The van der Waals surface area contributed by atoms with Crippen molar-refractivity contribution in [3.63, 3.8) is 0 Å². The number of halogens is 2. The Kier molecular flexibility index (Phi) is 4.70. The first-order valence-corrected chi connectivity index (χ1v) is 6.86. The molecular formula is C15H20F2N2O. The van der Waals surface area contributed by atoms with E-state index in [0.29, 0.717) is 18.4 Å². The molecule has 1 aliphatic heterocycles. The van der Waals surface area contributed by atoms with Crippen LogP contribution in [-0.2, 0) is 11.2 Å². The zero-order valence-corrected chi connectivity index (χ0v) is 11.8. The Bertz CT molecular complexity index is 491. The zero-order valence-electron chi connectivity index (χ0n) is 11.8. The van der Waals surface area contributed by atoms with Gasteiger partial charge in [-0.2, -0.15) is 0 Å². The Hall–Kier alpha value is -1.49. The highest BCUT2D eigenvalue weighted by atomic mass is 19.1. The molecule has 1 N–H and O–H groups in total. The molecule has 1 fully saturated rings. The lowest BCUT2D eigenvalue weighted by Gasteiger charge is -2.31. The molecule has 2 atom stereocenters. The standard InChI is InChI=1S/C15H20F2N2O/c1-19(2)15(20)14-8-10(5-6-18-14)7-11-9-12(16)3-4-13(11)17/h3-4,9-10,14,18H,5-8H2,1-2H3. The predicted octanol–water partition coefficient (Wildman–Crippen LogP) is 1.96. The van der Waals surface area contributed by atoms with E-state index in [1.165, 1.54) is 6.07 Å². The Morgan fingerprint density at radius 3 is 2.85 bits per heavy atom. The Balaban J connectivity index is 2.02. The summed E-state index contributed by atoms with van der Waals surface area (Å²) >= 11 is 0. The van der Waals surface area contributed by atoms with E-state index in [9.17, 15) is 13.6 Å². The fourth-order valence-corrected chi connectivity index (χ4v) is 2.69. The van der Waals surface area contributed by atoms with Crippen molar-refractivity contribution in [2.75, 3.05) is 20.6 Å². The van der Waals surface area contributed by atoms with Crippen LogP contribution in [0.3, 0.4) is 0 Å². The van der Waals surface area contributed by atoms with Gasteiger partial charge in [-0.15, -0.1) is 0 Å². The molecule has 0 aliphatic carbocycles. The molecule has 0 spiro atoms. The highest BCUT2D eigenvalue weighted by Crippen LogP contribution is 2.23. The topological polar surface area (TPSA) is 32.3 Å². The van der Waals surface area contributed by atoms with Gasteiger partial charge in [0.25, 0.3) is 0 Å². The van der Waals surface area contributed by atoms with E-state index in [0.717, 1.165) is 25.1 Å². The minimum absolute atomic E-state index is 0.0365. The molecule has 3 nitrogen and oxygen atoms in total. The molecule has 0 saturated carbocycles. The molecule has 1 aromatic carbocycles. The number of hydrogen-bond acceptors (Lipinski definition) is 2. The molecule has 0 aromatic heterocycles. The molecule has 1 amide bonds. The van der Waals surface area contributed by atoms with Crippen LogP contribution in [0.25, 0.3) is 0 Å². The maximum absolute atomic E-state index is 13.7. The van der Waals surface area contributed by atoms with Crippen LogP contribution in [-0.4, -0.2) is 37.5 Å². The van der Waals surface area contributed by atoms with E-state index < -0.39 is 5.82 Å². The van der Waals surface area contributed by atoms with E-state index in [2.05, 4.69) is 5.32 Å². The Morgan fingerprint density at radius 1 is 1.40 bits per heavy atom. The Labute approximate surface area is 118 Å². The number of piperidine rings is 1. The molecule has 20 heavy (non-hydrogen) atoms. The third kappa shape index (κ3) is 3.54. The van der Waals surface area contributed by atoms with Crippen molar-refractivity contribution in [2.45, 2.75) is 25.3 Å². The van der Waals surface area contributed by atoms with Gasteiger partial charge in [-0.05, 0) is 55.5 Å². The smallest absolute Gasteiger partial charge is 0.239 e. The second kappa shape index (κ2) is 6.31. The zero-order chi connectivity index (χ0) is 14.7. The van der Waals surface area contributed by atoms with Gasteiger partial charge in [0.1, 0.15) is 11.6 Å². The lowest BCUT2D eigenvalue weighted by Crippen LogP contribution is -2.48. The van der Waals surface area contributed by atoms with Crippen LogP contribution in [0.4, 0.5) is 8.78 Å². The van der Waals surface area contributed by atoms with Crippen molar-refractivity contribution < 1.29 is 13.6 Å². The van der Waals surface area contributed by atoms with Crippen LogP contribution < -0.4 is 5.32 Å². The molecule has 1 aromatic rings. The van der Waals surface area contributed by atoms with Crippen LogP contribution in [0.5, 0.6) is 0 Å². The lowest BCUT2D eigenvalue weighted by atomic mass is 9.86. The number of likely N-dealkylation sites (N-methyl/N-ethyl adjacent to an activating group) is 1. The summed E-state index contributed by atoms with van der Waals surface area (Å²) in [5.41, 5.74) is 0.396. The molecule has 0 radical (unpaired) electrons. The summed E-state index contributed by atoms with van der Waals surface area (Å²) < 4.78 is 26.8. The van der Waals surface area contributed by atoms with Gasteiger partial charge in [-0.1, -0.05) is 0 Å². The maximum atomic E-state index is 13.7. The fraction of sp³-hybridized carbons (Fsp3) is 0.533. The van der Waals surface area contributed by atoms with E-state index in [1.54, 1.807) is 19.0 Å². The van der Waals surface area contributed by atoms with Gasteiger partial charge < -0.3 is 10.2 Å². The van der Waals surface area contributed by atoms with Gasteiger partial charge >= 0.3 is 0 Å². The average Bonchev–Trinajstić information content (AvgIpc) is 2.42. The van der Waals surface area contributed by atoms with Crippen LogP contribution in [0.15, 0.2) is 18.2 Å². The highest BCUT2D eigenvalue weighted by Gasteiger charge is 2.28. The monoisotopic (exact) mass is 282 g/mol. The first kappa shape index (κ1) is 14.9. The van der Waals surface area contributed by atoms with E-state index in [4.69, 9.17) is 0 Å². The van der Waals surface area contributed by atoms with Crippen molar-refractivity contribution in [1.29, 1.82) is 0 Å². The number of nitrogens with one attached hydrogen (secondary N) is 1. The summed E-state index contributed by atoms with van der Waals surface area (Å²) in [6, 6.07) is 3.31. The van der Waals surface area contributed by atoms with Crippen molar-refractivity contribution in [3.05, 3.63) is 35.4 Å². The second-order valence-electron chi connectivity index (χ2n) is 5.57. The van der Waals surface area contributed by atoms with Gasteiger partial charge in [0.2, 0.25) is 5.91 Å². The number of nitrogens with zero attached hydrogens (tertiary/aromatic N) is 1. The third-order valence-electron chi connectivity index (χ3n) is 3.77. The number of benzene rings is 1. The Morgan fingerprint density at radius 2 is 2.15 bits per heavy atom. The molecule has 0 bridgehead atoms. The second-order valence-corrected chi connectivity index (χ2v) is 5.57. The van der Waals surface area contributed by atoms with Gasteiger partial charge in [-0.25, -0.2) is 8.78 Å². The molecule has 2 rings (SSSR count). The summed E-state index contributed by atoms with van der Waals surface area (Å²) in [5, 5.41) is 3.18. The first-order valence-electron chi connectivity index (χ1n) is 6.86. The molecule has 5 heteroatoms. The predicted molar refractivity (Wildman–Crippen MR) is 73.3 cm³/mol. The minimum atomic E-state index is -0.420. The number of rotatable bonds is 3. The largest absolute Gasteiger partial charge is 0.347 e. The average molecular weight is 282 g/mol. The van der Waals surface area contributed by atoms with Crippen molar-refractivity contribution >= 4 is 5.91 Å². The van der Waals surface area contributed by atoms with Crippen LogP contribution in [0.1, 0.15) is 18.4 Å². The summed E-state index contributed by atoms with van der Waals surface area (Å²) in [6.45, 7) is 0.728. The molecular weight excluding hydrogens is 262 g/mol. The first-order chi connectivity index (χ1) is 9.47. The fourth-order valence-electron chi connectivity index (χ4n) is 2.69. The van der Waals surface area contributed by atoms with Gasteiger partial charge in [-0.3, -0.25) is 4.79 Å². The number of amides is 1. The van der Waals surface area contributed by atoms with Crippen LogP contribution in [0.2, 0.25) is 0 Å². The van der Waals surface area contributed by atoms with Crippen molar-refractivity contribution in [2.24, 2.45) is 5.92 Å². The normalized spacial score (nSPS) is 22.6. The van der Waals surface area contributed by atoms with E-state index in [-0.39, 0.29) is 23.7 Å². The van der Waals surface area contributed by atoms with Crippen LogP contribution >= 0.6 is 0 Å². The van der Waals surface area contributed by atoms with Gasteiger partial charge in [0.15, 0.2) is 0 Å². The van der Waals surface area contributed by atoms with Gasteiger partial charge in [0.05, 0.1) is 6.04 Å². The summed E-state index contributed by atoms with van der Waals surface area (Å²) in [4.78, 5) is 13.5. The van der Waals surface area contributed by atoms with Crippen molar-refractivity contribution in [3.8, 4) is 0 Å². The van der Waals surface area contributed by atoms with E-state index >= 15 is 0 Å². The number of carbonyl (C=O) groups is 1. The number of carbonyl (C=O) groups excluding carboxylic acids is 1. The lowest BCUT2D eigenvalue weighted by molar-refractivity contribution is -0.131. The molecule has 2 unspecified atom stereocenters. The number of hydrogen-bond donors (Lipinski definition) is 1. The van der Waals surface area contributed by atoms with E-state index in [1.807, 2.05) is 0 Å². The minimum Gasteiger partial charge on any atom is -0.347 e. The molecule has 1 saturated heterocycles. The van der Waals surface area contributed by atoms with Crippen LogP contribution in [0, 0.1) is 17.6 Å². The van der Waals surface area contributed by atoms with Gasteiger partial charge in [0, 0.05) is 14.1 Å². The summed E-state index contributed by atoms with van der Waals surface area (Å²) in [6.07, 6.45) is 2.00.